The summed E-state index contributed by atoms with van der Waals surface area (Å²) in [5, 5.41) is 12.6. The third-order valence-corrected chi connectivity index (χ3v) is 4.33. The molecule has 1 amide bonds. The van der Waals surface area contributed by atoms with Crippen molar-refractivity contribution in [1.82, 2.24) is 25.0 Å². The molecular formula is C15H20ClFN6O. The van der Waals surface area contributed by atoms with Crippen molar-refractivity contribution in [2.75, 3.05) is 0 Å². The van der Waals surface area contributed by atoms with Gasteiger partial charge in [-0.1, -0.05) is 18.5 Å². The average Bonchev–Trinajstić information content (AvgIpc) is 2.92. The monoisotopic (exact) mass is 354 g/mol. The van der Waals surface area contributed by atoms with Crippen molar-refractivity contribution in [3.05, 3.63) is 33.6 Å². The predicted molar refractivity (Wildman–Crippen MR) is 89.7 cm³/mol. The number of aryl methyl sites for hydroxylation is 3. The van der Waals surface area contributed by atoms with E-state index in [0.717, 1.165) is 4.68 Å². The van der Waals surface area contributed by atoms with Gasteiger partial charge < -0.3 is 0 Å². The molecule has 0 saturated heterocycles. The van der Waals surface area contributed by atoms with Crippen LogP contribution in [0.3, 0.4) is 0 Å². The van der Waals surface area contributed by atoms with E-state index in [2.05, 4.69) is 20.7 Å². The molecule has 1 unspecified atom stereocenters. The first-order chi connectivity index (χ1) is 11.3. The molecule has 0 radical (unpaired) electrons. The highest BCUT2D eigenvalue weighted by Crippen LogP contribution is 2.23. The first kappa shape index (κ1) is 18.1. The van der Waals surface area contributed by atoms with E-state index in [-0.39, 0.29) is 11.5 Å². The lowest BCUT2D eigenvalue weighted by Gasteiger charge is -2.15. The largest absolute Gasteiger partial charge is 0.271 e. The molecule has 2 aromatic rings. The number of nitrogens with one attached hydrogen (secondary N) is 1. The maximum Gasteiger partial charge on any atom is 0.264 e. The number of carbonyl (C=O) groups is 1. The Kier molecular flexibility index (Phi) is 5.38. The van der Waals surface area contributed by atoms with E-state index < -0.39 is 12.0 Å². The highest BCUT2D eigenvalue weighted by molar-refractivity contribution is 6.31. The second kappa shape index (κ2) is 7.12. The van der Waals surface area contributed by atoms with Gasteiger partial charge in [0.05, 0.1) is 33.9 Å². The van der Waals surface area contributed by atoms with Crippen LogP contribution in [0.1, 0.15) is 42.0 Å². The third-order valence-electron chi connectivity index (χ3n) is 3.79. The van der Waals surface area contributed by atoms with E-state index in [1.165, 1.54) is 13.3 Å². The zero-order valence-electron chi connectivity index (χ0n) is 14.3. The molecule has 7 nitrogen and oxygen atoms in total. The molecule has 2 rings (SSSR count). The number of nitrogens with zero attached hydrogens (tertiary/aromatic N) is 5. The Hall–Kier alpha value is -2.22. The summed E-state index contributed by atoms with van der Waals surface area (Å²) < 4.78 is 16.5. The molecule has 130 valence electrons. The van der Waals surface area contributed by atoms with E-state index in [1.54, 1.807) is 25.5 Å². The molecule has 0 fully saturated rings. The number of amides is 1. The summed E-state index contributed by atoms with van der Waals surface area (Å²) in [6, 6.07) is -0.548. The Labute approximate surface area is 144 Å². The summed E-state index contributed by atoms with van der Waals surface area (Å²) in [5.74, 6) is -0.860. The van der Waals surface area contributed by atoms with E-state index >= 15 is 0 Å². The number of hydrazone groups is 1. The maximum atomic E-state index is 13.8. The molecule has 0 aliphatic rings. The fourth-order valence-electron chi connectivity index (χ4n) is 2.44. The number of hydrogen-bond donors (Lipinski definition) is 1. The lowest BCUT2D eigenvalue weighted by molar-refractivity contribution is -0.124. The van der Waals surface area contributed by atoms with Gasteiger partial charge in [0, 0.05) is 7.05 Å². The van der Waals surface area contributed by atoms with Gasteiger partial charge in [-0.25, -0.2) is 10.1 Å². The Morgan fingerprint density at radius 1 is 1.38 bits per heavy atom. The van der Waals surface area contributed by atoms with Gasteiger partial charge in [0.25, 0.3) is 5.91 Å². The minimum atomic E-state index is -0.548. The Bertz CT molecular complexity index is 794. The van der Waals surface area contributed by atoms with Crippen molar-refractivity contribution in [3.8, 4) is 0 Å². The number of halogens is 2. The van der Waals surface area contributed by atoms with E-state index in [4.69, 9.17) is 11.6 Å². The standard InChI is InChI=1S/C15H20ClFN6O/c1-6-12(23-10(4)13(16)9(3)21-23)15(24)19-18-7-11-8(2)20-22(5)14(11)17/h7,12H,6H2,1-5H3,(H,19,24)/b18-7+. The molecule has 1 N–H and O–H groups in total. The molecule has 24 heavy (non-hydrogen) atoms. The van der Waals surface area contributed by atoms with Gasteiger partial charge in [0.15, 0.2) is 0 Å². The molecule has 1 atom stereocenters. The number of aromatic nitrogens is 4. The summed E-state index contributed by atoms with van der Waals surface area (Å²) in [7, 11) is 1.50. The summed E-state index contributed by atoms with van der Waals surface area (Å²) >= 11 is 6.13. The fraction of sp³-hybridized carbons (Fsp3) is 0.467. The second-order valence-corrected chi connectivity index (χ2v) is 5.88. The van der Waals surface area contributed by atoms with Crippen LogP contribution in [0.25, 0.3) is 0 Å². The normalized spacial score (nSPS) is 12.8. The topological polar surface area (TPSA) is 77.1 Å². The Morgan fingerprint density at radius 2 is 2.04 bits per heavy atom. The molecule has 9 heteroatoms. The van der Waals surface area contributed by atoms with Crippen molar-refractivity contribution >= 4 is 23.7 Å². The Morgan fingerprint density at radius 3 is 2.50 bits per heavy atom. The van der Waals surface area contributed by atoms with Gasteiger partial charge in [0.2, 0.25) is 5.95 Å². The average molecular weight is 355 g/mol. The van der Waals surface area contributed by atoms with Crippen LogP contribution >= 0.6 is 11.6 Å². The van der Waals surface area contributed by atoms with Crippen LogP contribution in [-0.2, 0) is 11.8 Å². The molecule has 0 bridgehead atoms. The number of carbonyl (C=O) groups excluding carboxylic acids is 1. The minimum Gasteiger partial charge on any atom is -0.271 e. The summed E-state index contributed by atoms with van der Waals surface area (Å²) in [5.41, 5.74) is 4.53. The number of hydrogen-bond acceptors (Lipinski definition) is 4. The first-order valence-corrected chi connectivity index (χ1v) is 7.88. The quantitative estimate of drug-likeness (QED) is 0.661. The molecule has 0 aliphatic heterocycles. The van der Waals surface area contributed by atoms with Gasteiger partial charge in [0.1, 0.15) is 6.04 Å². The Balaban J connectivity index is 2.15. The van der Waals surface area contributed by atoms with Gasteiger partial charge >= 0.3 is 0 Å². The van der Waals surface area contributed by atoms with Gasteiger partial charge in [-0.2, -0.15) is 19.7 Å². The summed E-state index contributed by atoms with van der Waals surface area (Å²) in [4.78, 5) is 12.4. The van der Waals surface area contributed by atoms with Gasteiger partial charge in [-0.15, -0.1) is 0 Å². The zero-order chi connectivity index (χ0) is 18.0. The zero-order valence-corrected chi connectivity index (χ0v) is 15.0. The van der Waals surface area contributed by atoms with Gasteiger partial charge in [-0.3, -0.25) is 9.48 Å². The van der Waals surface area contributed by atoms with Crippen LogP contribution in [-0.4, -0.2) is 31.7 Å². The summed E-state index contributed by atoms with van der Waals surface area (Å²) in [6.07, 6.45) is 1.76. The van der Waals surface area contributed by atoms with Crippen molar-refractivity contribution in [3.63, 3.8) is 0 Å². The smallest absolute Gasteiger partial charge is 0.264 e. The molecule has 0 aromatic carbocycles. The van der Waals surface area contributed by atoms with Crippen LogP contribution in [0.4, 0.5) is 4.39 Å². The van der Waals surface area contributed by atoms with Crippen molar-refractivity contribution in [2.24, 2.45) is 12.1 Å². The highest BCUT2D eigenvalue weighted by Gasteiger charge is 2.23. The molecule has 0 saturated carbocycles. The lowest BCUT2D eigenvalue weighted by Crippen LogP contribution is -2.30. The van der Waals surface area contributed by atoms with Crippen molar-refractivity contribution in [1.29, 1.82) is 0 Å². The first-order valence-electron chi connectivity index (χ1n) is 7.51. The van der Waals surface area contributed by atoms with Crippen LogP contribution in [0.2, 0.25) is 5.02 Å². The van der Waals surface area contributed by atoms with E-state index in [9.17, 15) is 9.18 Å². The predicted octanol–water partition coefficient (Wildman–Crippen LogP) is 2.44. The molecule has 0 spiro atoms. The fourth-order valence-corrected chi connectivity index (χ4v) is 2.57. The molecular weight excluding hydrogens is 335 g/mol. The lowest BCUT2D eigenvalue weighted by atomic mass is 10.2. The van der Waals surface area contributed by atoms with Gasteiger partial charge in [-0.05, 0) is 27.2 Å². The highest BCUT2D eigenvalue weighted by atomic mass is 35.5. The second-order valence-electron chi connectivity index (χ2n) is 5.50. The van der Waals surface area contributed by atoms with E-state index in [1.807, 2.05) is 6.92 Å². The summed E-state index contributed by atoms with van der Waals surface area (Å²) in [6.45, 7) is 7.11. The van der Waals surface area contributed by atoms with E-state index in [0.29, 0.717) is 28.5 Å². The van der Waals surface area contributed by atoms with Crippen LogP contribution in [0.5, 0.6) is 0 Å². The molecule has 0 aliphatic carbocycles. The van der Waals surface area contributed by atoms with Crippen LogP contribution in [0.15, 0.2) is 5.10 Å². The van der Waals surface area contributed by atoms with Crippen LogP contribution < -0.4 is 5.43 Å². The maximum absolute atomic E-state index is 13.8. The molecule has 2 aromatic heterocycles. The number of rotatable bonds is 5. The minimum absolute atomic E-state index is 0.236. The van der Waals surface area contributed by atoms with Crippen molar-refractivity contribution < 1.29 is 9.18 Å². The molecule has 2 heterocycles. The SMILES string of the molecule is CCC(C(=O)N/N=C/c1c(C)nn(C)c1F)n1nc(C)c(Cl)c1C. The third kappa shape index (κ3) is 3.33. The van der Waals surface area contributed by atoms with Crippen molar-refractivity contribution in [2.45, 2.75) is 40.2 Å². The van der Waals surface area contributed by atoms with Crippen LogP contribution in [0, 0.1) is 26.7 Å².